The van der Waals surface area contributed by atoms with E-state index in [1.807, 2.05) is 123 Å². The largest absolute Gasteiger partial charge is 0.507 e. The molecule has 1 aromatic heterocycles. The molecule has 2 heterocycles. The molecule has 1 fully saturated rings. The second-order valence-electron chi connectivity index (χ2n) is 14.3. The molecule has 9 nitrogen and oxygen atoms in total. The summed E-state index contributed by atoms with van der Waals surface area (Å²) in [6.45, 7) is 3.38. The van der Waals surface area contributed by atoms with Crippen LogP contribution in [0.4, 0.5) is 17.1 Å². The number of anilines is 3. The molecule has 9 heteroatoms. The van der Waals surface area contributed by atoms with E-state index < -0.39 is 36.4 Å². The Labute approximate surface area is 321 Å². The lowest BCUT2D eigenvalue weighted by atomic mass is 9.68. The van der Waals surface area contributed by atoms with Gasteiger partial charge in [-0.3, -0.25) is 19.5 Å². The average molecular weight is 736 g/mol. The number of amides is 2. The molecule has 7 rings (SSSR count). The lowest BCUT2D eigenvalue weighted by Gasteiger charge is -2.36. The van der Waals surface area contributed by atoms with Crippen LogP contribution in [0, 0.1) is 31.6 Å². The third-order valence-corrected chi connectivity index (χ3v) is 10.6. The van der Waals surface area contributed by atoms with Crippen LogP contribution < -0.4 is 15.0 Å². The number of hydrogen-bond acceptors (Lipinski definition) is 8. The molecule has 4 aromatic carbocycles. The number of pyridine rings is 1. The fourth-order valence-corrected chi connectivity index (χ4v) is 7.96. The van der Waals surface area contributed by atoms with Crippen LogP contribution >= 0.6 is 0 Å². The van der Waals surface area contributed by atoms with E-state index in [9.17, 15) is 24.9 Å². The molecule has 2 aliphatic rings. The predicted molar refractivity (Wildman–Crippen MR) is 215 cm³/mol. The van der Waals surface area contributed by atoms with Crippen LogP contribution in [0.25, 0.3) is 11.6 Å². The quantitative estimate of drug-likeness (QED) is 0.0707. The number of imide groups is 1. The molecule has 0 saturated carbocycles. The summed E-state index contributed by atoms with van der Waals surface area (Å²) >= 11 is 0. The van der Waals surface area contributed by atoms with Crippen molar-refractivity contribution in [2.75, 3.05) is 23.4 Å². The van der Waals surface area contributed by atoms with Crippen LogP contribution in [-0.2, 0) is 9.59 Å². The number of carbonyl (C=O) groups is 2. The van der Waals surface area contributed by atoms with Crippen LogP contribution in [0.1, 0.15) is 41.6 Å². The molecule has 0 radical (unpaired) electrons. The number of aromatic hydroxyl groups is 1. The van der Waals surface area contributed by atoms with Gasteiger partial charge in [-0.05, 0) is 145 Å². The fourth-order valence-electron chi connectivity index (χ4n) is 7.96. The van der Waals surface area contributed by atoms with Crippen LogP contribution in [0.15, 0.2) is 133 Å². The van der Waals surface area contributed by atoms with E-state index in [1.54, 1.807) is 18.3 Å². The van der Waals surface area contributed by atoms with Gasteiger partial charge in [-0.15, -0.1) is 0 Å². The third kappa shape index (κ3) is 8.09. The van der Waals surface area contributed by atoms with Gasteiger partial charge in [0.1, 0.15) is 18.1 Å². The Hall–Kier alpha value is -6.03. The molecule has 1 aliphatic heterocycles. The van der Waals surface area contributed by atoms with Gasteiger partial charge in [0, 0.05) is 23.5 Å². The SMILES string of the molecule is Cc1cc(/C=C(/CC[C@@H](O)C2=C(COc3ccccc3)C[C@H]3C(=O)N(c4ccc(Nc5ccccc5)cc4)C(=O)[C@H]3[C@H]2CO)c2ccccn2)cc(C)c1O. The maximum absolute atomic E-state index is 14.3. The number of allylic oxidation sites excluding steroid dienone is 1. The normalized spacial score (nSPS) is 19.0. The number of carbonyl (C=O) groups excluding carboxylic acids is 2. The molecular formula is C46H45N3O6. The Morgan fingerprint density at radius 3 is 2.20 bits per heavy atom. The first-order chi connectivity index (χ1) is 26.7. The molecule has 2 amide bonds. The van der Waals surface area contributed by atoms with Crippen molar-refractivity contribution >= 4 is 40.5 Å². The molecule has 4 atom stereocenters. The summed E-state index contributed by atoms with van der Waals surface area (Å²) in [6, 6.07) is 35.7. The van der Waals surface area contributed by atoms with Gasteiger partial charge in [-0.25, -0.2) is 0 Å². The highest BCUT2D eigenvalue weighted by atomic mass is 16.5. The summed E-state index contributed by atoms with van der Waals surface area (Å²) in [5.74, 6) is -2.20. The number of para-hydroxylation sites is 2. The van der Waals surface area contributed by atoms with Crippen LogP contribution in [-0.4, -0.2) is 51.4 Å². The predicted octanol–water partition coefficient (Wildman–Crippen LogP) is 8.02. The van der Waals surface area contributed by atoms with Crippen molar-refractivity contribution in [2.45, 2.75) is 39.2 Å². The van der Waals surface area contributed by atoms with E-state index in [0.717, 1.165) is 39.3 Å². The average Bonchev–Trinajstić information content (AvgIpc) is 3.46. The smallest absolute Gasteiger partial charge is 0.238 e. The van der Waals surface area contributed by atoms with Gasteiger partial charge in [0.25, 0.3) is 0 Å². The van der Waals surface area contributed by atoms with Gasteiger partial charge < -0.3 is 25.4 Å². The summed E-state index contributed by atoms with van der Waals surface area (Å²) < 4.78 is 6.20. The number of phenolic OH excluding ortho intramolecular Hbond substituents is 1. The van der Waals surface area contributed by atoms with E-state index in [-0.39, 0.29) is 31.1 Å². The van der Waals surface area contributed by atoms with Crippen molar-refractivity contribution in [2.24, 2.45) is 17.8 Å². The van der Waals surface area contributed by atoms with Gasteiger partial charge >= 0.3 is 0 Å². The molecular weight excluding hydrogens is 691 g/mol. The minimum absolute atomic E-state index is 0.0897. The van der Waals surface area contributed by atoms with Crippen molar-refractivity contribution in [3.8, 4) is 11.5 Å². The number of aryl methyl sites for hydroxylation is 2. The van der Waals surface area contributed by atoms with Gasteiger partial charge in [0.2, 0.25) is 11.8 Å². The maximum atomic E-state index is 14.3. The van der Waals surface area contributed by atoms with E-state index >= 15 is 0 Å². The second kappa shape index (κ2) is 16.5. The molecule has 0 spiro atoms. The van der Waals surface area contributed by atoms with Crippen LogP contribution in [0.5, 0.6) is 11.5 Å². The summed E-state index contributed by atoms with van der Waals surface area (Å²) in [5, 5.41) is 36.8. The monoisotopic (exact) mass is 735 g/mol. The highest BCUT2D eigenvalue weighted by Crippen LogP contribution is 2.47. The van der Waals surface area contributed by atoms with E-state index in [2.05, 4.69) is 10.3 Å². The van der Waals surface area contributed by atoms with Gasteiger partial charge in [0.15, 0.2) is 0 Å². The van der Waals surface area contributed by atoms with Crippen LogP contribution in [0.2, 0.25) is 0 Å². The zero-order valence-electron chi connectivity index (χ0n) is 30.9. The molecule has 0 unspecified atom stereocenters. The van der Waals surface area contributed by atoms with Gasteiger partial charge in [0.05, 0.1) is 35.9 Å². The standard InChI is InChI=1S/C46H45N3O6/c1-29-23-31(24-30(2)44(29)52)25-32(40-15-9-10-22-47-40)16-21-41(51)42-33(28-55-37-13-7-4-8-14-37)26-38-43(39(42)27-50)46(54)49(45(38)53)36-19-17-35(18-20-36)48-34-11-5-3-6-12-34/h3-15,17-20,22-25,38-39,41,43,48,50-52H,16,21,26-28H2,1-2H3/b32-25-/t38-,39+,41-,43-/m1/s1. The Bertz CT molecular complexity index is 2180. The first kappa shape index (κ1) is 37.3. The van der Waals surface area contributed by atoms with E-state index in [1.165, 1.54) is 4.90 Å². The van der Waals surface area contributed by atoms with Crippen molar-refractivity contribution < 1.29 is 29.6 Å². The zero-order valence-corrected chi connectivity index (χ0v) is 30.9. The first-order valence-electron chi connectivity index (χ1n) is 18.6. The second-order valence-corrected chi connectivity index (χ2v) is 14.3. The number of hydrogen-bond donors (Lipinski definition) is 4. The van der Waals surface area contributed by atoms with Crippen molar-refractivity contribution in [3.63, 3.8) is 0 Å². The Kier molecular flexibility index (Phi) is 11.2. The fraction of sp³-hybridized carbons (Fsp3) is 0.239. The Balaban J connectivity index is 1.18. The first-order valence-corrected chi connectivity index (χ1v) is 18.6. The summed E-state index contributed by atoms with van der Waals surface area (Å²) in [6.07, 6.45) is 3.58. The number of rotatable bonds is 13. The number of nitrogens with zero attached hydrogens (tertiary/aromatic N) is 2. The molecule has 280 valence electrons. The van der Waals surface area contributed by atoms with Crippen molar-refractivity contribution in [3.05, 3.63) is 155 Å². The number of aliphatic hydroxyl groups is 2. The highest BCUT2D eigenvalue weighted by Gasteiger charge is 2.55. The lowest BCUT2D eigenvalue weighted by Crippen LogP contribution is -2.40. The third-order valence-electron chi connectivity index (χ3n) is 10.6. The maximum Gasteiger partial charge on any atom is 0.238 e. The number of phenols is 1. The minimum Gasteiger partial charge on any atom is -0.507 e. The molecule has 1 saturated heterocycles. The number of benzene rings is 4. The summed E-state index contributed by atoms with van der Waals surface area (Å²) in [4.78, 5) is 34.3. The Morgan fingerprint density at radius 2 is 1.55 bits per heavy atom. The molecule has 0 bridgehead atoms. The van der Waals surface area contributed by atoms with Gasteiger partial charge in [-0.1, -0.05) is 42.5 Å². The molecule has 4 N–H and O–H groups in total. The minimum atomic E-state index is -1.05. The van der Waals surface area contributed by atoms with E-state index in [4.69, 9.17) is 4.74 Å². The number of aliphatic hydroxyl groups excluding tert-OH is 2. The van der Waals surface area contributed by atoms with Crippen molar-refractivity contribution in [1.82, 2.24) is 4.98 Å². The van der Waals surface area contributed by atoms with Gasteiger partial charge in [-0.2, -0.15) is 0 Å². The topological polar surface area (TPSA) is 132 Å². The van der Waals surface area contributed by atoms with E-state index in [0.29, 0.717) is 29.0 Å². The molecule has 55 heavy (non-hydrogen) atoms. The number of nitrogens with one attached hydrogen (secondary N) is 1. The zero-order chi connectivity index (χ0) is 38.5. The lowest BCUT2D eigenvalue weighted by molar-refractivity contribution is -0.123. The summed E-state index contributed by atoms with van der Waals surface area (Å²) in [7, 11) is 0. The molecule has 1 aliphatic carbocycles. The highest BCUT2D eigenvalue weighted by molar-refractivity contribution is 6.22. The van der Waals surface area contributed by atoms with Crippen LogP contribution in [0.3, 0.4) is 0 Å². The number of fused-ring (bicyclic) bond motifs is 1. The summed E-state index contributed by atoms with van der Waals surface area (Å²) in [5.41, 5.74) is 7.46. The Morgan fingerprint density at radius 1 is 0.891 bits per heavy atom. The number of aromatic nitrogens is 1. The van der Waals surface area contributed by atoms with Crippen molar-refractivity contribution in [1.29, 1.82) is 0 Å². The molecule has 5 aromatic rings. The number of ether oxygens (including phenoxy) is 1.